The summed E-state index contributed by atoms with van der Waals surface area (Å²) in [5.74, 6) is 0.579. The number of hydrogen-bond acceptors (Lipinski definition) is 5. The molecule has 2 atom stereocenters. The zero-order chi connectivity index (χ0) is 16.9. The lowest BCUT2D eigenvalue weighted by Crippen LogP contribution is -2.36. The van der Waals surface area contributed by atoms with Gasteiger partial charge in [-0.25, -0.2) is 8.42 Å². The largest absolute Gasteiger partial charge is 0.497 e. The van der Waals surface area contributed by atoms with Crippen LogP contribution in [0.4, 0.5) is 0 Å². The van der Waals surface area contributed by atoms with E-state index in [4.69, 9.17) is 4.74 Å². The normalized spacial score (nSPS) is 14.4. The molecule has 0 unspecified atom stereocenters. The molecular formula is C16H23N3O3S. The number of sulfone groups is 1. The number of rotatable bonds is 8. The molecule has 1 heterocycles. The van der Waals surface area contributed by atoms with E-state index in [0.717, 1.165) is 0 Å². The van der Waals surface area contributed by atoms with Crippen molar-refractivity contribution in [1.82, 2.24) is 15.1 Å². The van der Waals surface area contributed by atoms with Crippen LogP contribution in [0.25, 0.3) is 0 Å². The molecule has 0 spiro atoms. The van der Waals surface area contributed by atoms with Crippen LogP contribution >= 0.6 is 0 Å². The fourth-order valence-corrected chi connectivity index (χ4v) is 3.46. The van der Waals surface area contributed by atoms with Crippen LogP contribution in [0.1, 0.15) is 19.9 Å². The first-order valence-electron chi connectivity index (χ1n) is 7.53. The summed E-state index contributed by atoms with van der Waals surface area (Å²) in [6.45, 7) is 4.44. The molecule has 0 saturated heterocycles. The molecular weight excluding hydrogens is 314 g/mol. The molecule has 0 saturated carbocycles. The number of hydrogen-bond donors (Lipinski definition) is 1. The van der Waals surface area contributed by atoms with Gasteiger partial charge in [-0.1, -0.05) is 6.07 Å². The van der Waals surface area contributed by atoms with Gasteiger partial charge in [0.15, 0.2) is 9.84 Å². The quantitative estimate of drug-likeness (QED) is 0.796. The Hall–Kier alpha value is -1.86. The fourth-order valence-electron chi connectivity index (χ4n) is 2.25. The minimum Gasteiger partial charge on any atom is -0.497 e. The number of ether oxygens (including phenoxy) is 1. The van der Waals surface area contributed by atoms with Crippen LogP contribution in [0.2, 0.25) is 0 Å². The van der Waals surface area contributed by atoms with Gasteiger partial charge in [0.1, 0.15) is 5.75 Å². The lowest BCUT2D eigenvalue weighted by atomic mass is 10.2. The smallest absolute Gasteiger partial charge is 0.179 e. The van der Waals surface area contributed by atoms with Gasteiger partial charge in [0.2, 0.25) is 0 Å². The summed E-state index contributed by atoms with van der Waals surface area (Å²) in [4.78, 5) is 0.284. The fraction of sp³-hybridized carbons (Fsp3) is 0.438. The maximum Gasteiger partial charge on any atom is 0.179 e. The third-order valence-corrected chi connectivity index (χ3v) is 5.62. The summed E-state index contributed by atoms with van der Waals surface area (Å²) in [7, 11) is -1.81. The Balaban J connectivity index is 1.91. The summed E-state index contributed by atoms with van der Waals surface area (Å²) >= 11 is 0. The van der Waals surface area contributed by atoms with E-state index in [9.17, 15) is 8.42 Å². The van der Waals surface area contributed by atoms with Crippen LogP contribution in [-0.2, 0) is 9.84 Å². The Morgan fingerprint density at radius 1 is 1.30 bits per heavy atom. The summed E-state index contributed by atoms with van der Waals surface area (Å²) in [5.41, 5.74) is 0. The minimum absolute atomic E-state index is 0.0380. The van der Waals surface area contributed by atoms with E-state index in [-0.39, 0.29) is 22.7 Å². The van der Waals surface area contributed by atoms with E-state index >= 15 is 0 Å². The molecule has 0 amide bonds. The first-order valence-corrected chi connectivity index (χ1v) is 9.18. The van der Waals surface area contributed by atoms with Crippen LogP contribution in [0, 0.1) is 0 Å². The number of benzene rings is 1. The Morgan fingerprint density at radius 2 is 2.09 bits per heavy atom. The highest BCUT2D eigenvalue weighted by Gasteiger charge is 2.17. The van der Waals surface area contributed by atoms with Crippen LogP contribution in [0.5, 0.6) is 5.75 Å². The van der Waals surface area contributed by atoms with Crippen molar-refractivity contribution in [3.63, 3.8) is 0 Å². The number of nitrogens with zero attached hydrogens (tertiary/aromatic N) is 2. The monoisotopic (exact) mass is 337 g/mol. The highest BCUT2D eigenvalue weighted by Crippen LogP contribution is 2.18. The summed E-state index contributed by atoms with van der Waals surface area (Å²) < 4.78 is 31.7. The lowest BCUT2D eigenvalue weighted by molar-refractivity contribution is 0.372. The second-order valence-electron chi connectivity index (χ2n) is 5.47. The van der Waals surface area contributed by atoms with Crippen LogP contribution in [-0.4, -0.2) is 43.6 Å². The Kier molecular flexibility index (Phi) is 5.79. The van der Waals surface area contributed by atoms with E-state index < -0.39 is 9.84 Å². The van der Waals surface area contributed by atoms with E-state index in [1.807, 2.05) is 30.8 Å². The van der Waals surface area contributed by atoms with E-state index in [1.54, 1.807) is 30.5 Å². The van der Waals surface area contributed by atoms with Crippen molar-refractivity contribution in [3.8, 4) is 5.75 Å². The van der Waals surface area contributed by atoms with Crippen molar-refractivity contribution in [1.29, 1.82) is 0 Å². The Labute approximate surface area is 137 Å². The number of methoxy groups -OCH3 is 1. The predicted molar refractivity (Wildman–Crippen MR) is 89.4 cm³/mol. The molecule has 0 aliphatic heterocycles. The van der Waals surface area contributed by atoms with Gasteiger partial charge in [-0.3, -0.25) is 4.68 Å². The molecule has 1 aromatic heterocycles. The molecule has 7 heteroatoms. The third kappa shape index (κ3) is 4.56. The molecule has 0 aliphatic carbocycles. The lowest BCUT2D eigenvalue weighted by Gasteiger charge is -2.21. The van der Waals surface area contributed by atoms with Crippen LogP contribution in [0.15, 0.2) is 47.6 Å². The average molecular weight is 337 g/mol. The van der Waals surface area contributed by atoms with Gasteiger partial charge in [0.25, 0.3) is 0 Å². The van der Waals surface area contributed by atoms with Crippen molar-refractivity contribution >= 4 is 9.84 Å². The minimum atomic E-state index is -3.33. The van der Waals surface area contributed by atoms with Crippen LogP contribution < -0.4 is 10.1 Å². The van der Waals surface area contributed by atoms with E-state index in [1.165, 1.54) is 7.11 Å². The Bertz CT molecular complexity index is 714. The Morgan fingerprint density at radius 3 is 2.74 bits per heavy atom. The zero-order valence-corrected chi connectivity index (χ0v) is 14.5. The van der Waals surface area contributed by atoms with Crippen molar-refractivity contribution in [2.75, 3.05) is 19.4 Å². The zero-order valence-electron chi connectivity index (χ0n) is 13.6. The molecule has 0 fully saturated rings. The van der Waals surface area contributed by atoms with Crippen molar-refractivity contribution in [2.24, 2.45) is 0 Å². The third-order valence-electron chi connectivity index (χ3n) is 3.90. The van der Waals surface area contributed by atoms with Gasteiger partial charge < -0.3 is 10.1 Å². The van der Waals surface area contributed by atoms with Gasteiger partial charge >= 0.3 is 0 Å². The van der Waals surface area contributed by atoms with Gasteiger partial charge in [-0.15, -0.1) is 0 Å². The molecule has 0 aliphatic rings. The molecule has 2 aromatic rings. The maximum atomic E-state index is 12.4. The van der Waals surface area contributed by atoms with Crippen LogP contribution in [0.3, 0.4) is 0 Å². The van der Waals surface area contributed by atoms with Crippen molar-refractivity contribution < 1.29 is 13.2 Å². The molecule has 1 N–H and O–H groups in total. The topological polar surface area (TPSA) is 73.2 Å². The SMILES string of the molecule is COc1cccc(S(=O)(=O)CCN[C@H](C)[C@H](C)n2cccn2)c1. The second kappa shape index (κ2) is 7.61. The summed E-state index contributed by atoms with van der Waals surface area (Å²) in [6.07, 6.45) is 3.63. The average Bonchev–Trinajstić information content (AvgIpc) is 3.08. The highest BCUT2D eigenvalue weighted by atomic mass is 32.2. The van der Waals surface area contributed by atoms with Gasteiger partial charge in [0, 0.05) is 25.0 Å². The van der Waals surface area contributed by atoms with Crippen molar-refractivity contribution in [2.45, 2.75) is 30.8 Å². The number of aromatic nitrogens is 2. The predicted octanol–water partition coefficient (Wildman–Crippen LogP) is 1.90. The standard InChI is InChI=1S/C16H23N3O3S/c1-13(14(2)19-10-5-8-18-19)17-9-11-23(20,21)16-7-4-6-15(12-16)22-3/h4-8,10,12-14,17H,9,11H2,1-3H3/t13-,14+/m1/s1. The highest BCUT2D eigenvalue weighted by molar-refractivity contribution is 7.91. The molecule has 1 aromatic carbocycles. The molecule has 6 nitrogen and oxygen atoms in total. The first kappa shape index (κ1) is 17.5. The van der Waals surface area contributed by atoms with E-state index in [2.05, 4.69) is 10.4 Å². The summed E-state index contributed by atoms with van der Waals surface area (Å²) in [5, 5.41) is 7.46. The maximum absolute atomic E-state index is 12.4. The molecule has 2 rings (SSSR count). The molecule has 126 valence electrons. The van der Waals surface area contributed by atoms with Gasteiger partial charge in [-0.2, -0.15) is 5.10 Å². The molecule has 23 heavy (non-hydrogen) atoms. The summed E-state index contributed by atoms with van der Waals surface area (Å²) in [6, 6.07) is 8.67. The van der Waals surface area contributed by atoms with Gasteiger partial charge in [-0.05, 0) is 38.1 Å². The van der Waals surface area contributed by atoms with E-state index in [0.29, 0.717) is 12.3 Å². The molecule has 0 radical (unpaired) electrons. The van der Waals surface area contributed by atoms with Crippen molar-refractivity contribution in [3.05, 3.63) is 42.7 Å². The second-order valence-corrected chi connectivity index (χ2v) is 7.58. The number of nitrogens with one attached hydrogen (secondary N) is 1. The first-order chi connectivity index (χ1) is 10.9. The van der Waals surface area contributed by atoms with Gasteiger partial charge in [0.05, 0.1) is 23.8 Å². The molecule has 0 bridgehead atoms.